The van der Waals surface area contributed by atoms with Gasteiger partial charge in [0.15, 0.2) is 0 Å². The third kappa shape index (κ3) is 5.70. The van der Waals surface area contributed by atoms with Gasteiger partial charge in [-0.1, -0.05) is 57.3 Å². The summed E-state index contributed by atoms with van der Waals surface area (Å²) in [5, 5.41) is 5.14. The van der Waals surface area contributed by atoms with Gasteiger partial charge in [-0.05, 0) is 49.7 Å². The minimum absolute atomic E-state index is 0.137. The van der Waals surface area contributed by atoms with Crippen molar-refractivity contribution in [3.05, 3.63) is 85.6 Å². The van der Waals surface area contributed by atoms with E-state index in [1.807, 2.05) is 56.3 Å². The lowest BCUT2D eigenvalue weighted by molar-refractivity contribution is -0.118. The summed E-state index contributed by atoms with van der Waals surface area (Å²) in [5.41, 5.74) is 7.62. The number of nitrogens with one attached hydrogen (secondary N) is 1. The Balaban J connectivity index is 1.59. The van der Waals surface area contributed by atoms with Gasteiger partial charge in [-0.15, -0.1) is 11.8 Å². The van der Waals surface area contributed by atoms with Gasteiger partial charge in [0.1, 0.15) is 0 Å². The number of carbonyl (C=O) groups excluding carboxylic acids is 1. The van der Waals surface area contributed by atoms with Gasteiger partial charge in [0.05, 0.1) is 22.0 Å². The van der Waals surface area contributed by atoms with Crippen LogP contribution >= 0.6 is 50.9 Å². The maximum atomic E-state index is 12.1. The van der Waals surface area contributed by atoms with Crippen molar-refractivity contribution >= 4 is 63.0 Å². The lowest BCUT2D eigenvalue weighted by atomic mass is 10.2. The third-order valence-electron chi connectivity index (χ3n) is 4.47. The molecule has 0 aliphatic rings. The summed E-state index contributed by atoms with van der Waals surface area (Å²) >= 11 is 17.2. The van der Waals surface area contributed by atoms with Crippen molar-refractivity contribution in [2.24, 2.45) is 5.10 Å². The molecule has 3 aromatic rings. The van der Waals surface area contributed by atoms with Gasteiger partial charge >= 0.3 is 0 Å². The molecule has 0 saturated carbocycles. The SMILES string of the molecule is Cc1cc(/C=N\NC(=O)CSCc2ccccc2Br)c(C)n1-c1ccc(Cl)c(Cl)c1. The molecule has 1 aromatic heterocycles. The largest absolute Gasteiger partial charge is 0.318 e. The average molecular weight is 525 g/mol. The molecule has 2 aromatic carbocycles. The predicted octanol–water partition coefficient (Wildman–Crippen LogP) is 6.55. The number of benzene rings is 2. The van der Waals surface area contributed by atoms with Crippen molar-refractivity contribution in [1.29, 1.82) is 0 Å². The number of halogens is 3. The van der Waals surface area contributed by atoms with Gasteiger partial charge in [0.2, 0.25) is 5.91 Å². The van der Waals surface area contributed by atoms with E-state index in [-0.39, 0.29) is 5.91 Å². The van der Waals surface area contributed by atoms with Crippen LogP contribution in [0.2, 0.25) is 10.0 Å². The molecule has 0 fully saturated rings. The Morgan fingerprint density at radius 3 is 2.67 bits per heavy atom. The number of aryl methyl sites for hydroxylation is 1. The molecule has 1 amide bonds. The fourth-order valence-electron chi connectivity index (χ4n) is 3.01. The number of hydrogen-bond acceptors (Lipinski definition) is 3. The quantitative estimate of drug-likeness (QED) is 0.281. The Morgan fingerprint density at radius 2 is 1.93 bits per heavy atom. The second kappa shape index (κ2) is 10.5. The highest BCUT2D eigenvalue weighted by molar-refractivity contribution is 9.10. The number of carbonyl (C=O) groups is 1. The third-order valence-corrected chi connectivity index (χ3v) is 6.97. The molecule has 8 heteroatoms. The molecule has 0 aliphatic carbocycles. The number of nitrogens with zero attached hydrogens (tertiary/aromatic N) is 2. The van der Waals surface area contributed by atoms with E-state index in [1.165, 1.54) is 0 Å². The first-order chi connectivity index (χ1) is 14.4. The molecular weight excluding hydrogens is 505 g/mol. The fraction of sp³-hybridized carbons (Fsp3) is 0.182. The summed E-state index contributed by atoms with van der Waals surface area (Å²) in [6, 6.07) is 15.5. The highest BCUT2D eigenvalue weighted by Crippen LogP contribution is 2.27. The van der Waals surface area contributed by atoms with Gasteiger partial charge < -0.3 is 4.57 Å². The van der Waals surface area contributed by atoms with Crippen molar-refractivity contribution < 1.29 is 4.79 Å². The normalized spacial score (nSPS) is 11.2. The highest BCUT2D eigenvalue weighted by atomic mass is 79.9. The minimum Gasteiger partial charge on any atom is -0.318 e. The van der Waals surface area contributed by atoms with E-state index >= 15 is 0 Å². The Bertz CT molecular complexity index is 1100. The lowest BCUT2D eigenvalue weighted by Crippen LogP contribution is -2.19. The zero-order valence-corrected chi connectivity index (χ0v) is 20.4. The van der Waals surface area contributed by atoms with Crippen LogP contribution in [0.25, 0.3) is 5.69 Å². The van der Waals surface area contributed by atoms with E-state index in [4.69, 9.17) is 23.2 Å². The second-order valence-corrected chi connectivity index (χ2v) is 9.29. The molecule has 1 N–H and O–H groups in total. The fourth-order valence-corrected chi connectivity index (χ4v) is 4.74. The van der Waals surface area contributed by atoms with Crippen LogP contribution in [0, 0.1) is 13.8 Å². The van der Waals surface area contributed by atoms with Crippen LogP contribution in [0.3, 0.4) is 0 Å². The minimum atomic E-state index is -0.137. The maximum absolute atomic E-state index is 12.1. The number of hydrazone groups is 1. The molecule has 0 aliphatic heterocycles. The van der Waals surface area contributed by atoms with Crippen molar-refractivity contribution in [2.75, 3.05) is 5.75 Å². The first kappa shape index (κ1) is 22.9. The van der Waals surface area contributed by atoms with E-state index in [2.05, 4.69) is 31.0 Å². The first-order valence-electron chi connectivity index (χ1n) is 9.14. The highest BCUT2D eigenvalue weighted by Gasteiger charge is 2.11. The van der Waals surface area contributed by atoms with Crippen molar-refractivity contribution in [2.45, 2.75) is 19.6 Å². The van der Waals surface area contributed by atoms with Crippen LogP contribution in [0.1, 0.15) is 22.5 Å². The van der Waals surface area contributed by atoms with Crippen LogP contribution < -0.4 is 5.43 Å². The summed E-state index contributed by atoms with van der Waals surface area (Å²) in [7, 11) is 0. The summed E-state index contributed by atoms with van der Waals surface area (Å²) in [5.74, 6) is 0.950. The summed E-state index contributed by atoms with van der Waals surface area (Å²) in [4.78, 5) is 12.1. The Morgan fingerprint density at radius 1 is 1.17 bits per heavy atom. The molecule has 0 spiro atoms. The van der Waals surface area contributed by atoms with Gasteiger partial charge in [-0.3, -0.25) is 4.79 Å². The van der Waals surface area contributed by atoms with Crippen molar-refractivity contribution in [3.63, 3.8) is 0 Å². The second-order valence-electron chi connectivity index (χ2n) is 6.64. The Labute approximate surface area is 198 Å². The number of rotatable bonds is 7. The zero-order chi connectivity index (χ0) is 21.7. The van der Waals surface area contributed by atoms with Gasteiger partial charge in [0, 0.05) is 32.9 Å². The molecule has 3 rings (SSSR count). The van der Waals surface area contributed by atoms with Crippen LogP contribution in [-0.2, 0) is 10.5 Å². The predicted molar refractivity (Wildman–Crippen MR) is 131 cm³/mol. The van der Waals surface area contributed by atoms with Crippen LogP contribution in [0.15, 0.2) is 58.1 Å². The first-order valence-corrected chi connectivity index (χ1v) is 11.8. The summed E-state index contributed by atoms with van der Waals surface area (Å²) in [6.07, 6.45) is 1.66. The molecule has 0 radical (unpaired) electrons. The molecule has 0 atom stereocenters. The van der Waals surface area contributed by atoms with Gasteiger partial charge in [0.25, 0.3) is 0 Å². The van der Waals surface area contributed by atoms with E-state index in [1.54, 1.807) is 24.0 Å². The van der Waals surface area contributed by atoms with Crippen LogP contribution in [0.4, 0.5) is 0 Å². The topological polar surface area (TPSA) is 46.4 Å². The Hall–Kier alpha value is -1.73. The number of amides is 1. The average Bonchev–Trinajstić information content (AvgIpc) is 2.99. The van der Waals surface area contributed by atoms with E-state index in [0.717, 1.165) is 38.4 Å². The molecule has 4 nitrogen and oxygen atoms in total. The maximum Gasteiger partial charge on any atom is 0.250 e. The Kier molecular flexibility index (Phi) is 8.06. The zero-order valence-electron chi connectivity index (χ0n) is 16.5. The van der Waals surface area contributed by atoms with E-state index < -0.39 is 0 Å². The number of aromatic nitrogens is 1. The molecule has 156 valence electrons. The molecule has 0 bridgehead atoms. The van der Waals surface area contributed by atoms with Crippen molar-refractivity contribution in [3.8, 4) is 5.69 Å². The molecule has 0 unspecified atom stereocenters. The molecule has 0 saturated heterocycles. The van der Waals surface area contributed by atoms with Gasteiger partial charge in [-0.2, -0.15) is 5.10 Å². The van der Waals surface area contributed by atoms with E-state index in [0.29, 0.717) is 15.8 Å². The number of thioether (sulfide) groups is 1. The molecule has 1 heterocycles. The van der Waals surface area contributed by atoms with Gasteiger partial charge in [-0.25, -0.2) is 5.43 Å². The smallest absolute Gasteiger partial charge is 0.250 e. The number of hydrogen-bond donors (Lipinski definition) is 1. The molecular formula is C22H20BrCl2N3OS. The summed E-state index contributed by atoms with van der Waals surface area (Å²) in [6.45, 7) is 4.00. The van der Waals surface area contributed by atoms with Crippen LogP contribution in [0.5, 0.6) is 0 Å². The van der Waals surface area contributed by atoms with E-state index in [9.17, 15) is 4.79 Å². The molecule has 30 heavy (non-hydrogen) atoms. The lowest BCUT2D eigenvalue weighted by Gasteiger charge is -2.10. The standard InChI is InChI=1S/C22H20BrCl2N3OS/c1-14-9-17(15(2)28(14)18-7-8-20(24)21(25)10-18)11-26-27-22(29)13-30-12-16-5-3-4-6-19(16)23/h3-11H,12-13H2,1-2H3,(H,27,29)/b26-11-. The summed E-state index contributed by atoms with van der Waals surface area (Å²) < 4.78 is 3.12. The van der Waals surface area contributed by atoms with Crippen LogP contribution in [-0.4, -0.2) is 22.4 Å². The van der Waals surface area contributed by atoms with Crippen molar-refractivity contribution in [1.82, 2.24) is 9.99 Å². The monoisotopic (exact) mass is 523 g/mol.